The van der Waals surface area contributed by atoms with Crippen LogP contribution in [0.25, 0.3) is 21.9 Å². The fourth-order valence-electron chi connectivity index (χ4n) is 4.17. The third kappa shape index (κ3) is 3.34. The van der Waals surface area contributed by atoms with Crippen LogP contribution in [0.2, 0.25) is 0 Å². The summed E-state index contributed by atoms with van der Waals surface area (Å²) < 4.78 is 7.08. The molecule has 2 aliphatic rings. The zero-order chi connectivity index (χ0) is 19.1. The molecule has 0 bridgehead atoms. The lowest BCUT2D eigenvalue weighted by Crippen LogP contribution is -2.48. The molecule has 2 saturated heterocycles. The molecule has 28 heavy (non-hydrogen) atoms. The van der Waals surface area contributed by atoms with Crippen molar-refractivity contribution in [2.24, 2.45) is 13.0 Å². The highest BCUT2D eigenvalue weighted by atomic mass is 16.5. The lowest BCUT2D eigenvalue weighted by Gasteiger charge is -2.34. The molecular formula is C22H24N4O2. The Hall–Kier alpha value is -2.57. The van der Waals surface area contributed by atoms with E-state index in [4.69, 9.17) is 4.74 Å². The smallest absolute Gasteiger partial charge is 0.143 e. The van der Waals surface area contributed by atoms with E-state index < -0.39 is 0 Å². The number of fused-ring (bicyclic) bond motifs is 1. The lowest BCUT2D eigenvalue weighted by molar-refractivity contribution is -0.122. The number of nitrogens with zero attached hydrogens (tertiary/aromatic N) is 4. The molecule has 6 heteroatoms. The summed E-state index contributed by atoms with van der Waals surface area (Å²) in [7, 11) is 1.92. The van der Waals surface area contributed by atoms with Crippen molar-refractivity contribution < 1.29 is 9.53 Å². The van der Waals surface area contributed by atoms with Crippen LogP contribution in [0.5, 0.6) is 0 Å². The Labute approximate surface area is 164 Å². The van der Waals surface area contributed by atoms with Crippen LogP contribution in [0.4, 0.5) is 0 Å². The Morgan fingerprint density at radius 3 is 2.82 bits per heavy atom. The summed E-state index contributed by atoms with van der Waals surface area (Å²) in [6.07, 6.45) is 7.11. The van der Waals surface area contributed by atoms with Crippen molar-refractivity contribution >= 4 is 16.6 Å². The van der Waals surface area contributed by atoms with E-state index in [1.807, 2.05) is 25.6 Å². The van der Waals surface area contributed by atoms with Gasteiger partial charge in [-0.1, -0.05) is 12.1 Å². The van der Waals surface area contributed by atoms with Gasteiger partial charge in [0.15, 0.2) is 0 Å². The number of rotatable bonds is 5. The minimum atomic E-state index is 0.125. The number of carbonyl (C=O) groups is 1. The lowest BCUT2D eigenvalue weighted by atomic mass is 9.98. The number of pyridine rings is 1. The molecule has 4 heterocycles. The summed E-state index contributed by atoms with van der Waals surface area (Å²) in [6.45, 7) is 3.49. The fraction of sp³-hybridized carbons (Fsp3) is 0.409. The summed E-state index contributed by atoms with van der Waals surface area (Å²) in [4.78, 5) is 19.7. The second-order valence-corrected chi connectivity index (χ2v) is 7.96. The van der Waals surface area contributed by atoms with Gasteiger partial charge in [0.25, 0.3) is 0 Å². The van der Waals surface area contributed by atoms with Crippen LogP contribution >= 0.6 is 0 Å². The Bertz CT molecular complexity index is 1020. The van der Waals surface area contributed by atoms with Crippen LogP contribution in [0.15, 0.2) is 42.9 Å². The highest BCUT2D eigenvalue weighted by Crippen LogP contribution is 2.26. The van der Waals surface area contributed by atoms with Crippen molar-refractivity contribution in [3.63, 3.8) is 0 Å². The number of benzene rings is 1. The third-order valence-corrected chi connectivity index (χ3v) is 5.98. The Kier molecular flexibility index (Phi) is 4.45. The molecule has 6 nitrogen and oxygen atoms in total. The van der Waals surface area contributed by atoms with E-state index in [0.29, 0.717) is 18.2 Å². The molecular weight excluding hydrogens is 352 g/mol. The number of aryl methyl sites for hydroxylation is 1. The van der Waals surface area contributed by atoms with Gasteiger partial charge in [-0.25, -0.2) is 0 Å². The maximum Gasteiger partial charge on any atom is 0.143 e. The molecule has 0 amide bonds. The van der Waals surface area contributed by atoms with Crippen LogP contribution in [0.3, 0.4) is 0 Å². The first-order chi connectivity index (χ1) is 13.7. The molecule has 2 aromatic heterocycles. The van der Waals surface area contributed by atoms with Crippen molar-refractivity contribution in [1.82, 2.24) is 19.7 Å². The Balaban J connectivity index is 1.32. The summed E-state index contributed by atoms with van der Waals surface area (Å²) in [5, 5.41) is 6.44. The van der Waals surface area contributed by atoms with Crippen molar-refractivity contribution in [3.05, 3.63) is 48.5 Å². The molecule has 0 aliphatic carbocycles. The number of ether oxygens (including phenoxy) is 1. The number of Topliss-reactive ketones (excluding diaryl/α,β-unsaturated/α-hetero) is 1. The number of likely N-dealkylation sites (tertiary alicyclic amines) is 1. The van der Waals surface area contributed by atoms with Gasteiger partial charge in [-0.15, -0.1) is 0 Å². The van der Waals surface area contributed by atoms with Gasteiger partial charge >= 0.3 is 0 Å². The van der Waals surface area contributed by atoms with Gasteiger partial charge in [0.2, 0.25) is 0 Å². The zero-order valence-electron chi connectivity index (χ0n) is 16.0. The number of hydrogen-bond acceptors (Lipinski definition) is 5. The first-order valence-corrected chi connectivity index (χ1v) is 9.88. The molecule has 1 aromatic carbocycles. The molecule has 3 aromatic rings. The monoisotopic (exact) mass is 376 g/mol. The topological polar surface area (TPSA) is 60.2 Å². The minimum absolute atomic E-state index is 0.125. The fourth-order valence-corrected chi connectivity index (χ4v) is 4.17. The van der Waals surface area contributed by atoms with Crippen LogP contribution in [-0.4, -0.2) is 57.8 Å². The molecule has 0 spiro atoms. The summed E-state index contributed by atoms with van der Waals surface area (Å²) in [6, 6.07) is 8.88. The molecule has 0 saturated carbocycles. The second-order valence-electron chi connectivity index (χ2n) is 7.96. The molecule has 1 unspecified atom stereocenters. The van der Waals surface area contributed by atoms with Gasteiger partial charge in [-0.3, -0.25) is 19.4 Å². The van der Waals surface area contributed by atoms with E-state index in [0.717, 1.165) is 60.3 Å². The van der Waals surface area contributed by atoms with Gasteiger partial charge in [0.05, 0.1) is 25.5 Å². The largest absolute Gasteiger partial charge is 0.378 e. The summed E-state index contributed by atoms with van der Waals surface area (Å²) in [5.41, 5.74) is 3.06. The van der Waals surface area contributed by atoms with Crippen molar-refractivity contribution in [3.8, 4) is 11.1 Å². The van der Waals surface area contributed by atoms with E-state index >= 15 is 0 Å². The Morgan fingerprint density at radius 1 is 1.18 bits per heavy atom. The predicted octanol–water partition coefficient (Wildman–Crippen LogP) is 2.47. The van der Waals surface area contributed by atoms with Gasteiger partial charge in [-0.2, -0.15) is 5.10 Å². The standard InChI is InChI=1S/C22H24N4O2/c1-25-11-19(10-24-25)15-2-3-16-9-23-20(7-18(16)6-15)8-22(27)17-4-5-26(12-17)21-13-28-14-21/h2-3,6-7,9-11,17,21H,4-5,8,12-14H2,1H3. The Morgan fingerprint density at radius 2 is 2.07 bits per heavy atom. The quantitative estimate of drug-likeness (QED) is 0.685. The molecule has 0 N–H and O–H groups in total. The van der Waals surface area contributed by atoms with Gasteiger partial charge in [-0.05, 0) is 36.0 Å². The number of carbonyl (C=O) groups excluding carboxylic acids is 1. The van der Waals surface area contributed by atoms with Gasteiger partial charge in [0, 0.05) is 55.0 Å². The second kappa shape index (κ2) is 7.11. The van der Waals surface area contributed by atoms with Crippen molar-refractivity contribution in [2.45, 2.75) is 18.9 Å². The van der Waals surface area contributed by atoms with E-state index in [9.17, 15) is 4.79 Å². The normalized spacial score (nSPS) is 20.5. The number of ketones is 1. The highest BCUT2D eigenvalue weighted by molar-refractivity contribution is 5.88. The summed E-state index contributed by atoms with van der Waals surface area (Å²) >= 11 is 0. The van der Waals surface area contributed by atoms with Crippen LogP contribution < -0.4 is 0 Å². The molecule has 0 radical (unpaired) electrons. The van der Waals surface area contributed by atoms with Crippen LogP contribution in [0.1, 0.15) is 12.1 Å². The highest BCUT2D eigenvalue weighted by Gasteiger charge is 2.35. The zero-order valence-corrected chi connectivity index (χ0v) is 16.0. The average molecular weight is 376 g/mol. The van der Waals surface area contributed by atoms with E-state index in [-0.39, 0.29) is 5.92 Å². The molecule has 5 rings (SSSR count). The molecule has 1 atom stereocenters. The third-order valence-electron chi connectivity index (χ3n) is 5.98. The van der Waals surface area contributed by atoms with Crippen LogP contribution in [0, 0.1) is 5.92 Å². The van der Waals surface area contributed by atoms with Crippen molar-refractivity contribution in [1.29, 1.82) is 0 Å². The SMILES string of the molecule is Cn1cc(-c2ccc3cnc(CC(=O)C4CCN(C5COC5)C4)cc3c2)cn1. The summed E-state index contributed by atoms with van der Waals surface area (Å²) in [5.74, 6) is 0.429. The van der Waals surface area contributed by atoms with Gasteiger partial charge in [0.1, 0.15) is 5.78 Å². The van der Waals surface area contributed by atoms with Crippen LogP contribution in [-0.2, 0) is 23.0 Å². The number of aromatic nitrogens is 3. The maximum absolute atomic E-state index is 12.8. The van der Waals surface area contributed by atoms with E-state index in [1.54, 1.807) is 4.68 Å². The average Bonchev–Trinajstić information content (AvgIpc) is 3.29. The molecule has 2 fully saturated rings. The van der Waals surface area contributed by atoms with Crippen molar-refractivity contribution in [2.75, 3.05) is 26.3 Å². The molecule has 144 valence electrons. The minimum Gasteiger partial charge on any atom is -0.378 e. The van der Waals surface area contributed by atoms with E-state index in [2.05, 4.69) is 39.2 Å². The predicted molar refractivity (Wildman–Crippen MR) is 107 cm³/mol. The first kappa shape index (κ1) is 17.5. The molecule has 2 aliphatic heterocycles. The first-order valence-electron chi connectivity index (χ1n) is 9.88. The van der Waals surface area contributed by atoms with E-state index in [1.165, 1.54) is 0 Å². The van der Waals surface area contributed by atoms with Gasteiger partial charge < -0.3 is 4.74 Å². The maximum atomic E-state index is 12.8. The number of hydrogen-bond donors (Lipinski definition) is 0.